The lowest BCUT2D eigenvalue weighted by atomic mass is 9.94. The number of hydrogen-bond donors (Lipinski definition) is 1. The van der Waals surface area contributed by atoms with Gasteiger partial charge in [0.2, 0.25) is 5.88 Å². The van der Waals surface area contributed by atoms with Crippen LogP contribution in [0.3, 0.4) is 0 Å². The van der Waals surface area contributed by atoms with Crippen molar-refractivity contribution in [1.29, 1.82) is 0 Å². The van der Waals surface area contributed by atoms with Gasteiger partial charge >= 0.3 is 24.3 Å². The maximum absolute atomic E-state index is 13.5. The molecule has 15 nitrogen and oxygen atoms in total. The summed E-state index contributed by atoms with van der Waals surface area (Å²) in [5, 5.41) is 9.18. The third-order valence-electron chi connectivity index (χ3n) is 11.8. The number of halogens is 6. The van der Waals surface area contributed by atoms with Gasteiger partial charge in [0.1, 0.15) is 49.7 Å². The fourth-order valence-electron chi connectivity index (χ4n) is 6.88. The van der Waals surface area contributed by atoms with Crippen LogP contribution in [0.15, 0.2) is 85.6 Å². The summed E-state index contributed by atoms with van der Waals surface area (Å²) in [5.41, 5.74) is -0.0889. The molecule has 0 aliphatic carbocycles. The molecule has 23 heteroatoms. The summed E-state index contributed by atoms with van der Waals surface area (Å²) in [4.78, 5) is 44.5. The van der Waals surface area contributed by atoms with E-state index in [0.29, 0.717) is 47.0 Å². The van der Waals surface area contributed by atoms with E-state index in [-0.39, 0.29) is 50.2 Å². The van der Waals surface area contributed by atoms with Crippen LogP contribution in [0, 0.1) is 17.8 Å². The Bertz CT molecular complexity index is 2980. The van der Waals surface area contributed by atoms with Crippen molar-refractivity contribution in [3.63, 3.8) is 0 Å². The summed E-state index contributed by atoms with van der Waals surface area (Å²) in [5.74, 6) is -0.165. The SMILES string of the molecule is CC(C)(COc1ccc(-c2ccc(-c3nc(C(F)(F)F)cn3COCC[Si](C)(C)C)cn2)cn1)C(=O)O.Cc1cc(-c2ccc(-c3nc(C(F)(F)F)cn3COCC[Si](C)(C)C)cn2)ccc1OCC(C)(C)C(=O)OC(C)(C)C. The highest BCUT2D eigenvalue weighted by atomic mass is 28.3. The summed E-state index contributed by atoms with van der Waals surface area (Å²) in [7, 11) is -2.67. The van der Waals surface area contributed by atoms with E-state index in [0.717, 1.165) is 35.6 Å². The highest BCUT2D eigenvalue weighted by Gasteiger charge is 2.37. The number of esters is 1. The predicted molar refractivity (Wildman–Crippen MR) is 295 cm³/mol. The van der Waals surface area contributed by atoms with Crippen LogP contribution >= 0.6 is 0 Å². The smallest absolute Gasteiger partial charge is 0.434 e. The van der Waals surface area contributed by atoms with Crippen molar-refractivity contribution in [2.45, 2.75) is 138 Å². The van der Waals surface area contributed by atoms with Gasteiger partial charge in [-0.05, 0) is 122 Å². The highest BCUT2D eigenvalue weighted by molar-refractivity contribution is 6.76. The van der Waals surface area contributed by atoms with Crippen LogP contribution < -0.4 is 9.47 Å². The number of benzene rings is 1. The quantitative estimate of drug-likeness (QED) is 0.0294. The Labute approximate surface area is 460 Å². The van der Waals surface area contributed by atoms with Gasteiger partial charge in [-0.1, -0.05) is 39.3 Å². The highest BCUT2D eigenvalue weighted by Crippen LogP contribution is 2.35. The predicted octanol–water partition coefficient (Wildman–Crippen LogP) is 13.8. The molecule has 79 heavy (non-hydrogen) atoms. The van der Waals surface area contributed by atoms with Gasteiger partial charge in [0, 0.05) is 88.7 Å². The first-order valence-electron chi connectivity index (χ1n) is 25.6. The van der Waals surface area contributed by atoms with Crippen LogP contribution in [0.5, 0.6) is 11.6 Å². The molecule has 0 aliphatic heterocycles. The normalized spacial score (nSPS) is 12.7. The van der Waals surface area contributed by atoms with Crippen molar-refractivity contribution in [3.8, 4) is 56.9 Å². The number of carboxylic acids is 1. The van der Waals surface area contributed by atoms with Crippen LogP contribution in [0.25, 0.3) is 45.3 Å². The Morgan fingerprint density at radius 2 is 1.03 bits per heavy atom. The monoisotopic (exact) mass is 1140 g/mol. The molecule has 0 atom stereocenters. The van der Waals surface area contributed by atoms with Crippen molar-refractivity contribution in [3.05, 3.63) is 103 Å². The maximum atomic E-state index is 13.5. The maximum Gasteiger partial charge on any atom is 0.434 e. The molecule has 0 radical (unpaired) electrons. The molecule has 0 fully saturated rings. The molecule has 0 saturated heterocycles. The number of carbonyl (C=O) groups excluding carboxylic acids is 1. The number of alkyl halides is 6. The standard InChI is InChI=1S/C31H42F3N3O4Si.C25H31F3N4O4Si/c1-21-16-22(11-13-25(21)40-19-30(5,6)28(38)41-29(2,3)4)24-12-10-23(17-35-24)27-36-26(31(32,33)34)18-37(27)20-39-14-15-42(7,8)9;1-24(2,23(33)34)15-36-21-9-7-17(12-30-21)19-8-6-18(13-29-19)22-31-20(25(26,27)28)14-32(22)16-35-10-11-37(3,4)5/h10-13,16-18H,14-15,19-20H2,1-9H3;6-9,12-14H,10-11,15-16H2,1-5H3,(H,33,34). The fraction of sp³-hybridized carbons (Fsp3) is 0.482. The Kier molecular flexibility index (Phi) is 20.3. The number of aromatic nitrogens is 7. The van der Waals surface area contributed by atoms with Gasteiger partial charge in [-0.15, -0.1) is 0 Å². The van der Waals surface area contributed by atoms with E-state index in [4.69, 9.17) is 23.7 Å². The van der Waals surface area contributed by atoms with E-state index in [1.54, 1.807) is 64.1 Å². The summed E-state index contributed by atoms with van der Waals surface area (Å²) in [6, 6.07) is 17.4. The van der Waals surface area contributed by atoms with Crippen LogP contribution in [0.4, 0.5) is 26.3 Å². The minimum atomic E-state index is -4.58. The third kappa shape index (κ3) is 19.4. The second-order valence-corrected chi connectivity index (χ2v) is 35.2. The Morgan fingerprint density at radius 1 is 0.582 bits per heavy atom. The van der Waals surface area contributed by atoms with E-state index in [1.807, 2.05) is 45.9 Å². The molecule has 0 aliphatic rings. The van der Waals surface area contributed by atoms with Crippen LogP contribution in [-0.2, 0) is 49.6 Å². The molecule has 0 amide bonds. The van der Waals surface area contributed by atoms with Crippen LogP contribution in [0.1, 0.15) is 65.4 Å². The Morgan fingerprint density at radius 3 is 1.42 bits per heavy atom. The van der Waals surface area contributed by atoms with Crippen molar-refractivity contribution in [1.82, 2.24) is 34.1 Å². The molecule has 6 rings (SSSR count). The lowest BCUT2D eigenvalue weighted by molar-refractivity contribution is -0.167. The molecule has 5 heterocycles. The van der Waals surface area contributed by atoms with Crippen molar-refractivity contribution >= 4 is 28.1 Å². The lowest BCUT2D eigenvalue weighted by Crippen LogP contribution is -2.37. The third-order valence-corrected chi connectivity index (χ3v) is 15.2. The summed E-state index contributed by atoms with van der Waals surface area (Å²) >= 11 is 0. The second-order valence-electron chi connectivity index (χ2n) is 23.9. The van der Waals surface area contributed by atoms with Crippen molar-refractivity contribution in [2.24, 2.45) is 10.8 Å². The van der Waals surface area contributed by atoms with E-state index in [1.165, 1.54) is 27.7 Å². The summed E-state index contributed by atoms with van der Waals surface area (Å²) in [6.45, 7) is 28.2. The minimum Gasteiger partial charge on any atom is -0.492 e. The average molecular weight is 1140 g/mol. The molecule has 1 aromatic carbocycles. The number of hydrogen-bond acceptors (Lipinski definition) is 12. The van der Waals surface area contributed by atoms with Gasteiger partial charge in [0.05, 0.1) is 22.2 Å². The first-order chi connectivity index (χ1) is 36.4. The summed E-state index contributed by atoms with van der Waals surface area (Å²) < 4.78 is 111. The van der Waals surface area contributed by atoms with E-state index in [2.05, 4.69) is 64.2 Å². The van der Waals surface area contributed by atoms with Crippen molar-refractivity contribution < 1.29 is 64.7 Å². The zero-order valence-corrected chi connectivity index (χ0v) is 49.4. The van der Waals surface area contributed by atoms with Crippen LogP contribution in [0.2, 0.25) is 51.4 Å². The van der Waals surface area contributed by atoms with Crippen LogP contribution in [-0.4, -0.2) is 99.3 Å². The van der Waals surface area contributed by atoms with E-state index >= 15 is 0 Å². The van der Waals surface area contributed by atoms with Gasteiger partial charge in [-0.3, -0.25) is 19.6 Å². The molecule has 0 unspecified atom stereocenters. The minimum absolute atomic E-state index is 0.0317. The number of nitrogens with zero attached hydrogens (tertiary/aromatic N) is 7. The number of aliphatic carboxylic acids is 1. The molecular formula is C56H73F6N7O8Si2. The zero-order valence-electron chi connectivity index (χ0n) is 47.4. The Balaban J connectivity index is 0.000000293. The molecule has 0 spiro atoms. The number of ether oxygens (including phenoxy) is 5. The second kappa shape index (κ2) is 25.3. The number of aryl methyl sites for hydroxylation is 1. The zero-order chi connectivity index (χ0) is 58.9. The lowest BCUT2D eigenvalue weighted by Gasteiger charge is -2.28. The van der Waals surface area contributed by atoms with Gasteiger partial charge in [-0.2, -0.15) is 26.3 Å². The molecular weight excluding hydrogens is 1070 g/mol. The topological polar surface area (TPSA) is 175 Å². The number of carboxylic acid groups (broad SMARTS) is 1. The van der Waals surface area contributed by atoms with Gasteiger partial charge in [0.15, 0.2) is 11.4 Å². The van der Waals surface area contributed by atoms with Gasteiger partial charge < -0.3 is 37.9 Å². The molecule has 0 saturated carbocycles. The largest absolute Gasteiger partial charge is 0.492 e. The number of pyridine rings is 3. The average Bonchev–Trinajstić information content (AvgIpc) is 4.03. The number of carbonyl (C=O) groups is 2. The fourth-order valence-corrected chi connectivity index (χ4v) is 8.39. The Hall–Kier alpha value is -6.44. The number of rotatable bonds is 22. The van der Waals surface area contributed by atoms with E-state index < -0.39 is 62.3 Å². The van der Waals surface area contributed by atoms with Crippen molar-refractivity contribution in [2.75, 3.05) is 26.4 Å². The summed E-state index contributed by atoms with van der Waals surface area (Å²) in [6.07, 6.45) is -2.73. The molecule has 430 valence electrons. The molecule has 0 bridgehead atoms. The first-order valence-corrected chi connectivity index (χ1v) is 33.0. The molecule has 6 aromatic rings. The van der Waals surface area contributed by atoms with Gasteiger partial charge in [-0.25, -0.2) is 15.0 Å². The molecule has 5 aromatic heterocycles. The van der Waals surface area contributed by atoms with E-state index in [9.17, 15) is 41.0 Å². The van der Waals surface area contributed by atoms with Gasteiger partial charge in [0.25, 0.3) is 0 Å². The first kappa shape index (κ1) is 63.4. The number of imidazole rings is 2. The molecule has 1 N–H and O–H groups in total.